The zero-order chi connectivity index (χ0) is 35.4. The molecule has 2 aliphatic heterocycles. The Hall–Kier alpha value is -5.34. The van der Waals surface area contributed by atoms with Gasteiger partial charge in [0.2, 0.25) is 0 Å². The van der Waals surface area contributed by atoms with Crippen molar-refractivity contribution in [3.05, 3.63) is 75.6 Å². The fraction of sp³-hybridized carbons (Fsp3) is 0.381. The highest BCUT2D eigenvalue weighted by Crippen LogP contribution is 2.50. The maximum atomic E-state index is 14.2. The second-order valence-electron chi connectivity index (χ2n) is 14.0. The Balaban J connectivity index is 1.49. The van der Waals surface area contributed by atoms with E-state index in [1.54, 1.807) is 24.3 Å². The molecule has 7 rings (SSSR count). The van der Waals surface area contributed by atoms with Gasteiger partial charge in [0.1, 0.15) is 0 Å². The first-order valence-electron chi connectivity index (χ1n) is 18.0. The fourth-order valence-electron chi connectivity index (χ4n) is 8.41. The molecule has 0 N–H and O–H groups in total. The summed E-state index contributed by atoms with van der Waals surface area (Å²) in [5.74, 6) is -1.20. The molecule has 0 saturated heterocycles. The van der Waals surface area contributed by atoms with Crippen LogP contribution in [-0.2, 0) is 0 Å². The Morgan fingerprint density at radius 1 is 0.640 bits per heavy atom. The summed E-state index contributed by atoms with van der Waals surface area (Å²) >= 11 is 0. The Kier molecular flexibility index (Phi) is 8.52. The van der Waals surface area contributed by atoms with Gasteiger partial charge in [0, 0.05) is 51.5 Å². The molecule has 0 spiro atoms. The van der Waals surface area contributed by atoms with Gasteiger partial charge >= 0.3 is 0 Å². The summed E-state index contributed by atoms with van der Waals surface area (Å²) in [7, 11) is 0. The van der Waals surface area contributed by atoms with Gasteiger partial charge in [0.25, 0.3) is 23.6 Å². The first-order chi connectivity index (χ1) is 24.2. The summed E-state index contributed by atoms with van der Waals surface area (Å²) in [5.41, 5.74) is 1.85. The first-order valence-corrected chi connectivity index (χ1v) is 18.0. The van der Waals surface area contributed by atoms with Gasteiger partial charge in [-0.25, -0.2) is 4.85 Å². The minimum absolute atomic E-state index is 0.144. The molecule has 0 bridgehead atoms. The number of imide groups is 2. The second-order valence-corrected chi connectivity index (χ2v) is 14.0. The molecule has 50 heavy (non-hydrogen) atoms. The quantitative estimate of drug-likeness (QED) is 0.0572. The van der Waals surface area contributed by atoms with Gasteiger partial charge in [-0.1, -0.05) is 78.4 Å². The van der Waals surface area contributed by atoms with E-state index in [0.29, 0.717) is 60.8 Å². The largest absolute Gasteiger partial charge is 0.274 e. The van der Waals surface area contributed by atoms with E-state index >= 15 is 0 Å². The van der Waals surface area contributed by atoms with Crippen molar-refractivity contribution in [2.24, 2.45) is 11.8 Å². The lowest BCUT2D eigenvalue weighted by Gasteiger charge is -2.32. The van der Waals surface area contributed by atoms with Crippen molar-refractivity contribution in [1.82, 2.24) is 9.80 Å². The SMILES string of the molecule is [C-]#[N+]c1cc2c3c(cc(C#N)c4c5ccc6c7c(ccc(c1c34)c75)C(=O)N(CC(CC)CCCC)C6=O)C(=O)N(CC(CC)CCCC)C2=O. The third-order valence-corrected chi connectivity index (χ3v) is 11.2. The zero-order valence-corrected chi connectivity index (χ0v) is 29.1. The van der Waals surface area contributed by atoms with Crippen LogP contribution in [0.4, 0.5) is 5.69 Å². The summed E-state index contributed by atoms with van der Waals surface area (Å²) < 4.78 is 0. The summed E-state index contributed by atoms with van der Waals surface area (Å²) in [6, 6.07) is 12.6. The van der Waals surface area contributed by atoms with Crippen molar-refractivity contribution in [2.45, 2.75) is 79.1 Å². The van der Waals surface area contributed by atoms with Crippen LogP contribution in [0.2, 0.25) is 0 Å². The number of amides is 4. The number of rotatable bonds is 12. The normalized spacial score (nSPS) is 15.5. The summed E-state index contributed by atoms with van der Waals surface area (Å²) in [6.45, 7) is 17.3. The Morgan fingerprint density at radius 2 is 1.12 bits per heavy atom. The van der Waals surface area contributed by atoms with E-state index in [9.17, 15) is 24.4 Å². The van der Waals surface area contributed by atoms with Gasteiger partial charge in [0.15, 0.2) is 5.69 Å². The molecular weight excluding hydrogens is 624 g/mol. The molecule has 8 heteroatoms. The number of hydrogen-bond donors (Lipinski definition) is 0. The highest BCUT2D eigenvalue weighted by atomic mass is 16.2. The van der Waals surface area contributed by atoms with Crippen LogP contribution in [0.15, 0.2) is 36.4 Å². The summed E-state index contributed by atoms with van der Waals surface area (Å²) in [6.07, 6.45) is 7.59. The molecule has 0 aromatic heterocycles. The van der Waals surface area contributed by atoms with Gasteiger partial charge < -0.3 is 0 Å². The molecule has 4 amide bonds. The van der Waals surface area contributed by atoms with E-state index in [0.717, 1.165) is 51.4 Å². The number of benzene rings is 5. The van der Waals surface area contributed by atoms with Crippen LogP contribution in [0.5, 0.6) is 0 Å². The van der Waals surface area contributed by atoms with Crippen LogP contribution in [0.3, 0.4) is 0 Å². The highest BCUT2D eigenvalue weighted by Gasteiger charge is 2.39. The number of carbonyl (C=O) groups excluding carboxylic acids is 4. The van der Waals surface area contributed by atoms with E-state index < -0.39 is 11.8 Å². The van der Waals surface area contributed by atoms with Crippen LogP contribution in [-0.4, -0.2) is 46.5 Å². The number of carbonyl (C=O) groups is 4. The summed E-state index contributed by atoms with van der Waals surface area (Å²) in [4.78, 5) is 63.1. The van der Waals surface area contributed by atoms with Crippen LogP contribution in [0.25, 0.3) is 47.9 Å². The zero-order valence-electron chi connectivity index (χ0n) is 29.1. The minimum atomic E-state index is -0.432. The molecule has 2 unspecified atom stereocenters. The van der Waals surface area contributed by atoms with E-state index in [1.165, 1.54) is 9.80 Å². The molecule has 0 saturated carbocycles. The van der Waals surface area contributed by atoms with Crippen LogP contribution < -0.4 is 0 Å². The molecular formula is C42H40N4O4. The van der Waals surface area contributed by atoms with Crippen molar-refractivity contribution in [3.8, 4) is 6.07 Å². The maximum Gasteiger partial charge on any atom is 0.261 e. The van der Waals surface area contributed by atoms with Crippen molar-refractivity contribution in [2.75, 3.05) is 13.1 Å². The van der Waals surface area contributed by atoms with Crippen LogP contribution in [0.1, 0.15) is 126 Å². The highest BCUT2D eigenvalue weighted by molar-refractivity contribution is 6.43. The Morgan fingerprint density at radius 3 is 1.60 bits per heavy atom. The van der Waals surface area contributed by atoms with E-state index in [2.05, 4.69) is 38.6 Å². The van der Waals surface area contributed by atoms with E-state index in [4.69, 9.17) is 6.57 Å². The lowest BCUT2D eigenvalue weighted by molar-refractivity contribution is 0.0565. The Bertz CT molecular complexity index is 2220. The topological polar surface area (TPSA) is 103 Å². The number of unbranched alkanes of at least 4 members (excludes halogenated alkanes) is 2. The molecule has 0 aliphatic carbocycles. The molecule has 5 aromatic carbocycles. The van der Waals surface area contributed by atoms with E-state index in [1.807, 2.05) is 12.1 Å². The van der Waals surface area contributed by atoms with Gasteiger partial charge in [-0.15, -0.1) is 0 Å². The monoisotopic (exact) mass is 664 g/mol. The first kappa shape index (κ1) is 33.2. The van der Waals surface area contributed by atoms with E-state index in [-0.39, 0.29) is 52.6 Å². The molecule has 252 valence electrons. The standard InChI is InChI=1S/C42H40N4O4/c1-6-10-12-23(8-3)21-45-39(47)28-16-14-26-33-25(20-43)18-30-36-31(42(50)46(41(30)49)22-24(9-4)13-11-7-2)19-32(44-5)37(38(33)36)27-15-17-29(40(45)48)35(28)34(26)27/h14-19,23-24H,6-13,21-22H2,1-4H3. The molecule has 0 fully saturated rings. The average Bonchev–Trinajstić information content (AvgIpc) is 3.14. The van der Waals surface area contributed by atoms with Gasteiger partial charge in [-0.05, 0) is 75.9 Å². The maximum absolute atomic E-state index is 14.2. The van der Waals surface area contributed by atoms with Gasteiger partial charge in [0.05, 0.1) is 18.2 Å². The third kappa shape index (κ3) is 4.76. The van der Waals surface area contributed by atoms with Crippen molar-refractivity contribution < 1.29 is 19.2 Å². The van der Waals surface area contributed by atoms with Crippen molar-refractivity contribution in [1.29, 1.82) is 5.26 Å². The minimum Gasteiger partial charge on any atom is -0.274 e. The molecule has 5 aromatic rings. The number of nitrogens with zero attached hydrogens (tertiary/aromatic N) is 4. The lowest BCUT2D eigenvalue weighted by Crippen LogP contribution is -2.43. The number of nitriles is 1. The predicted molar refractivity (Wildman–Crippen MR) is 196 cm³/mol. The molecule has 8 nitrogen and oxygen atoms in total. The van der Waals surface area contributed by atoms with Crippen molar-refractivity contribution >= 4 is 72.4 Å². The summed E-state index contributed by atoms with van der Waals surface area (Å²) in [5, 5.41) is 15.0. The molecule has 2 aliphatic rings. The molecule has 2 heterocycles. The van der Waals surface area contributed by atoms with Crippen LogP contribution >= 0.6 is 0 Å². The van der Waals surface area contributed by atoms with Crippen molar-refractivity contribution in [3.63, 3.8) is 0 Å². The lowest BCUT2D eigenvalue weighted by atomic mass is 9.80. The fourth-order valence-corrected chi connectivity index (χ4v) is 8.41. The van der Waals surface area contributed by atoms with Gasteiger partial charge in [-0.2, -0.15) is 5.26 Å². The second kappa shape index (κ2) is 12.8. The van der Waals surface area contributed by atoms with Crippen LogP contribution in [0, 0.1) is 29.7 Å². The predicted octanol–water partition coefficient (Wildman–Crippen LogP) is 9.78. The number of fused-ring (bicyclic) bond motifs is 2. The molecule has 0 radical (unpaired) electrons. The average molecular weight is 665 g/mol. The van der Waals surface area contributed by atoms with Gasteiger partial charge in [-0.3, -0.25) is 29.0 Å². The molecule has 2 atom stereocenters. The Labute approximate surface area is 291 Å². The smallest absolute Gasteiger partial charge is 0.261 e. The third-order valence-electron chi connectivity index (χ3n) is 11.2. The number of hydrogen-bond acceptors (Lipinski definition) is 5.